The van der Waals surface area contributed by atoms with E-state index >= 15 is 0 Å². The van der Waals surface area contributed by atoms with Crippen LogP contribution in [0.4, 0.5) is 4.79 Å². The second-order valence-corrected chi connectivity index (χ2v) is 9.10. The lowest BCUT2D eigenvalue weighted by molar-refractivity contribution is -0.130. The Balaban J connectivity index is 1.30. The number of urea groups is 1. The molecular formula is C29H22N2O3. The number of carbonyl (C=O) groups is 3. The fourth-order valence-electron chi connectivity index (χ4n) is 5.22. The molecule has 0 radical (unpaired) electrons. The molecule has 34 heavy (non-hydrogen) atoms. The maximum atomic E-state index is 13.5. The van der Waals surface area contributed by atoms with E-state index in [0.29, 0.717) is 11.1 Å². The number of amides is 3. The van der Waals surface area contributed by atoms with Gasteiger partial charge in [-0.2, -0.15) is 0 Å². The van der Waals surface area contributed by atoms with E-state index < -0.39 is 17.5 Å². The lowest BCUT2D eigenvalue weighted by Crippen LogP contribution is -2.41. The Labute approximate surface area is 197 Å². The molecule has 1 unspecified atom stereocenters. The predicted octanol–water partition coefficient (Wildman–Crippen LogP) is 5.06. The average Bonchev–Trinajstić information content (AvgIpc) is 3.33. The summed E-state index contributed by atoms with van der Waals surface area (Å²) in [5.41, 5.74) is 4.56. The van der Waals surface area contributed by atoms with Crippen molar-refractivity contribution in [3.63, 3.8) is 0 Å². The first-order valence-corrected chi connectivity index (χ1v) is 11.3. The number of nitrogens with zero attached hydrogens (tertiary/aromatic N) is 1. The standard InChI is InChI=1S/C29H22N2O3/c1-29(25-12-6-9-18-7-2-5-11-23(18)25)27(33)31(28(34)30-29)17-26(32)21-14-13-20-15-19-8-3-4-10-22(19)24(20)16-21/h2-14,16H,15,17H2,1H3,(H,30,34). The Kier molecular flexibility index (Phi) is 4.42. The van der Waals surface area contributed by atoms with Crippen LogP contribution >= 0.6 is 0 Å². The molecule has 1 aliphatic heterocycles. The summed E-state index contributed by atoms with van der Waals surface area (Å²) in [6.07, 6.45) is 0.844. The number of ketones is 1. The summed E-state index contributed by atoms with van der Waals surface area (Å²) in [7, 11) is 0. The molecule has 1 saturated heterocycles. The zero-order valence-corrected chi connectivity index (χ0v) is 18.7. The number of nitrogens with one attached hydrogen (secondary N) is 1. The number of fused-ring (bicyclic) bond motifs is 4. The zero-order valence-electron chi connectivity index (χ0n) is 18.7. The van der Waals surface area contributed by atoms with Crippen molar-refractivity contribution < 1.29 is 14.4 Å². The SMILES string of the molecule is CC1(c2cccc3ccccc23)NC(=O)N(CC(=O)c2ccc3c(c2)-c2ccccc2C3)C1=O. The van der Waals surface area contributed by atoms with E-state index in [9.17, 15) is 14.4 Å². The summed E-state index contributed by atoms with van der Waals surface area (Å²) in [4.78, 5) is 40.6. The van der Waals surface area contributed by atoms with Crippen molar-refractivity contribution in [2.75, 3.05) is 6.54 Å². The molecule has 0 bridgehead atoms. The first-order valence-electron chi connectivity index (χ1n) is 11.3. The van der Waals surface area contributed by atoms with E-state index in [1.54, 1.807) is 13.0 Å². The molecule has 4 aromatic rings. The lowest BCUT2D eigenvalue weighted by Gasteiger charge is -2.24. The van der Waals surface area contributed by atoms with E-state index in [1.807, 2.05) is 66.7 Å². The molecule has 1 heterocycles. The van der Waals surface area contributed by atoms with E-state index in [1.165, 1.54) is 11.1 Å². The van der Waals surface area contributed by atoms with Crippen LogP contribution in [0.5, 0.6) is 0 Å². The summed E-state index contributed by atoms with van der Waals surface area (Å²) >= 11 is 0. The van der Waals surface area contributed by atoms with Gasteiger partial charge in [-0.1, -0.05) is 78.9 Å². The number of imide groups is 1. The first-order chi connectivity index (χ1) is 16.5. The third-order valence-electron chi connectivity index (χ3n) is 7.03. The molecule has 0 aromatic heterocycles. The summed E-state index contributed by atoms with van der Waals surface area (Å²) < 4.78 is 0. The van der Waals surface area contributed by atoms with Crippen molar-refractivity contribution in [3.05, 3.63) is 107 Å². The van der Waals surface area contributed by atoms with Gasteiger partial charge in [-0.25, -0.2) is 4.79 Å². The van der Waals surface area contributed by atoms with Crippen LogP contribution in [-0.4, -0.2) is 29.2 Å². The van der Waals surface area contributed by atoms with E-state index in [4.69, 9.17) is 0 Å². The maximum Gasteiger partial charge on any atom is 0.325 e. The van der Waals surface area contributed by atoms with Crippen LogP contribution in [0.3, 0.4) is 0 Å². The van der Waals surface area contributed by atoms with Gasteiger partial charge in [0.15, 0.2) is 5.78 Å². The Hall–Kier alpha value is -4.25. The fourth-order valence-corrected chi connectivity index (χ4v) is 5.22. The molecule has 0 saturated carbocycles. The van der Waals surface area contributed by atoms with Crippen LogP contribution in [0.2, 0.25) is 0 Å². The monoisotopic (exact) mass is 446 g/mol. The molecular weight excluding hydrogens is 424 g/mol. The molecule has 4 aromatic carbocycles. The highest BCUT2D eigenvalue weighted by molar-refractivity contribution is 6.12. The quantitative estimate of drug-likeness (QED) is 0.310. The number of Topliss-reactive ketones (excluding diaryl/α,β-unsaturated/α-hetero) is 1. The maximum absolute atomic E-state index is 13.5. The van der Waals surface area contributed by atoms with Crippen molar-refractivity contribution in [1.82, 2.24) is 10.2 Å². The van der Waals surface area contributed by atoms with Crippen molar-refractivity contribution in [3.8, 4) is 11.1 Å². The zero-order chi connectivity index (χ0) is 23.4. The van der Waals surface area contributed by atoms with Crippen LogP contribution < -0.4 is 5.32 Å². The lowest BCUT2D eigenvalue weighted by atomic mass is 9.87. The Bertz CT molecular complexity index is 1520. The van der Waals surface area contributed by atoms with Crippen LogP contribution in [0, 0.1) is 0 Å². The fraction of sp³-hybridized carbons (Fsp3) is 0.138. The van der Waals surface area contributed by atoms with Crippen molar-refractivity contribution >= 4 is 28.5 Å². The van der Waals surface area contributed by atoms with Crippen LogP contribution in [0.25, 0.3) is 21.9 Å². The van der Waals surface area contributed by atoms with Gasteiger partial charge in [-0.15, -0.1) is 0 Å². The largest absolute Gasteiger partial charge is 0.325 e. The van der Waals surface area contributed by atoms with Gasteiger partial charge >= 0.3 is 6.03 Å². The highest BCUT2D eigenvalue weighted by atomic mass is 16.2. The minimum absolute atomic E-state index is 0.266. The number of hydrogen-bond donors (Lipinski definition) is 1. The van der Waals surface area contributed by atoms with Gasteiger partial charge in [0.05, 0.1) is 6.54 Å². The van der Waals surface area contributed by atoms with Crippen LogP contribution in [-0.2, 0) is 16.8 Å². The second-order valence-electron chi connectivity index (χ2n) is 9.10. The van der Waals surface area contributed by atoms with Gasteiger partial charge < -0.3 is 5.32 Å². The number of carbonyl (C=O) groups excluding carboxylic acids is 3. The third kappa shape index (κ3) is 2.97. The number of hydrogen-bond acceptors (Lipinski definition) is 3. The Morgan fingerprint density at radius 2 is 1.62 bits per heavy atom. The Morgan fingerprint density at radius 3 is 2.50 bits per heavy atom. The van der Waals surface area contributed by atoms with E-state index in [-0.39, 0.29) is 12.3 Å². The van der Waals surface area contributed by atoms with Crippen LogP contribution in [0.15, 0.2) is 84.9 Å². The molecule has 166 valence electrons. The molecule has 1 fully saturated rings. The molecule has 2 aliphatic rings. The van der Waals surface area contributed by atoms with Gasteiger partial charge in [0.1, 0.15) is 5.54 Å². The molecule has 6 rings (SSSR count). The molecule has 5 nitrogen and oxygen atoms in total. The summed E-state index contributed by atoms with van der Waals surface area (Å²) in [6.45, 7) is 1.40. The minimum atomic E-state index is -1.24. The minimum Gasteiger partial charge on any atom is -0.319 e. The van der Waals surface area contributed by atoms with Crippen LogP contribution in [0.1, 0.15) is 34.0 Å². The number of rotatable bonds is 4. The highest BCUT2D eigenvalue weighted by Crippen LogP contribution is 2.37. The number of benzene rings is 4. The molecule has 1 atom stereocenters. The average molecular weight is 447 g/mol. The highest BCUT2D eigenvalue weighted by Gasteiger charge is 2.50. The normalized spacial score (nSPS) is 18.7. The van der Waals surface area contributed by atoms with Gasteiger partial charge in [0.2, 0.25) is 0 Å². The summed E-state index contributed by atoms with van der Waals surface area (Å²) in [6, 6.07) is 26.7. The van der Waals surface area contributed by atoms with Gasteiger partial charge in [0.25, 0.3) is 5.91 Å². The van der Waals surface area contributed by atoms with Crippen molar-refractivity contribution in [1.29, 1.82) is 0 Å². The first kappa shape index (κ1) is 20.4. The molecule has 3 amide bonds. The van der Waals surface area contributed by atoms with Gasteiger partial charge in [-0.3, -0.25) is 14.5 Å². The van der Waals surface area contributed by atoms with E-state index in [0.717, 1.165) is 33.2 Å². The summed E-state index contributed by atoms with van der Waals surface area (Å²) in [5, 5.41) is 4.71. The second kappa shape index (κ2) is 7.39. The Morgan fingerprint density at radius 1 is 0.882 bits per heavy atom. The van der Waals surface area contributed by atoms with Crippen molar-refractivity contribution in [2.45, 2.75) is 18.9 Å². The predicted molar refractivity (Wildman–Crippen MR) is 131 cm³/mol. The van der Waals surface area contributed by atoms with Gasteiger partial charge in [-0.05, 0) is 58.0 Å². The summed E-state index contributed by atoms with van der Waals surface area (Å²) in [5.74, 6) is -0.688. The van der Waals surface area contributed by atoms with Gasteiger partial charge in [0, 0.05) is 5.56 Å². The molecule has 5 heteroatoms. The molecule has 1 N–H and O–H groups in total. The third-order valence-corrected chi connectivity index (χ3v) is 7.03. The van der Waals surface area contributed by atoms with E-state index in [2.05, 4.69) is 17.4 Å². The molecule has 0 spiro atoms. The smallest absolute Gasteiger partial charge is 0.319 e. The van der Waals surface area contributed by atoms with Crippen molar-refractivity contribution in [2.24, 2.45) is 0 Å². The topological polar surface area (TPSA) is 66.5 Å². The molecule has 1 aliphatic carbocycles.